The van der Waals surface area contributed by atoms with Crippen molar-refractivity contribution in [3.05, 3.63) is 47.9 Å². The van der Waals surface area contributed by atoms with E-state index in [2.05, 4.69) is 18.7 Å². The van der Waals surface area contributed by atoms with Crippen molar-refractivity contribution < 1.29 is 23.7 Å². The molecule has 0 saturated carbocycles. The van der Waals surface area contributed by atoms with Gasteiger partial charge in [0.2, 0.25) is 0 Å². The van der Waals surface area contributed by atoms with Crippen LogP contribution in [0.15, 0.2) is 41.0 Å². The van der Waals surface area contributed by atoms with Crippen LogP contribution in [0.25, 0.3) is 0 Å². The maximum atomic E-state index is 10.4. The Hall–Kier alpha value is -2.02. The first-order chi connectivity index (χ1) is 13.0. The number of nitrogens with zero attached hydrogens (tertiary/aromatic N) is 1. The third-order valence-electron chi connectivity index (χ3n) is 4.59. The molecule has 0 aliphatic heterocycles. The Kier molecular flexibility index (Phi) is 8.64. The summed E-state index contributed by atoms with van der Waals surface area (Å²) in [5, 5.41) is 10.4. The molecule has 6 nitrogen and oxygen atoms in total. The van der Waals surface area contributed by atoms with E-state index in [9.17, 15) is 5.11 Å². The number of methoxy groups -OCH3 is 2. The van der Waals surface area contributed by atoms with Crippen LogP contribution in [0.3, 0.4) is 0 Å². The van der Waals surface area contributed by atoms with Gasteiger partial charge in [0.25, 0.3) is 0 Å². The number of aliphatic hydroxyl groups is 1. The van der Waals surface area contributed by atoms with E-state index >= 15 is 0 Å². The van der Waals surface area contributed by atoms with Crippen molar-refractivity contribution in [1.82, 2.24) is 4.90 Å². The van der Waals surface area contributed by atoms with E-state index < -0.39 is 6.10 Å². The molecule has 0 bridgehead atoms. The van der Waals surface area contributed by atoms with Crippen LogP contribution in [0.2, 0.25) is 0 Å². The molecule has 1 N–H and O–H groups in total. The molecule has 0 aliphatic rings. The van der Waals surface area contributed by atoms with Crippen molar-refractivity contribution in [1.29, 1.82) is 0 Å². The van der Waals surface area contributed by atoms with Crippen molar-refractivity contribution in [3.8, 4) is 11.5 Å². The van der Waals surface area contributed by atoms with Gasteiger partial charge in [0.05, 0.1) is 33.2 Å². The number of furan rings is 1. The average Bonchev–Trinajstić information content (AvgIpc) is 3.19. The normalized spacial score (nSPS) is 13.6. The average molecular weight is 377 g/mol. The fourth-order valence-electron chi connectivity index (χ4n) is 2.86. The van der Waals surface area contributed by atoms with Gasteiger partial charge in [-0.25, -0.2) is 0 Å². The largest absolute Gasteiger partial charge is 0.497 e. The molecule has 0 unspecified atom stereocenters. The fourth-order valence-corrected chi connectivity index (χ4v) is 2.86. The van der Waals surface area contributed by atoms with E-state index in [4.69, 9.17) is 18.6 Å². The van der Waals surface area contributed by atoms with Crippen LogP contribution in [-0.2, 0) is 17.9 Å². The highest BCUT2D eigenvalue weighted by Gasteiger charge is 2.18. The molecule has 0 fully saturated rings. The molecule has 2 rings (SSSR count). The highest BCUT2D eigenvalue weighted by atomic mass is 16.5. The van der Waals surface area contributed by atoms with E-state index in [1.54, 1.807) is 20.5 Å². The van der Waals surface area contributed by atoms with Crippen LogP contribution in [0.5, 0.6) is 11.5 Å². The molecule has 150 valence electrons. The number of hydrogen-bond acceptors (Lipinski definition) is 6. The van der Waals surface area contributed by atoms with Crippen LogP contribution in [0, 0.1) is 0 Å². The molecule has 0 aliphatic carbocycles. The summed E-state index contributed by atoms with van der Waals surface area (Å²) >= 11 is 0. The first-order valence-corrected chi connectivity index (χ1v) is 9.29. The Morgan fingerprint density at radius 2 is 1.85 bits per heavy atom. The molecule has 1 heterocycles. The highest BCUT2D eigenvalue weighted by Crippen LogP contribution is 2.24. The molecule has 2 aromatic rings. The summed E-state index contributed by atoms with van der Waals surface area (Å²) < 4.78 is 21.5. The molecule has 27 heavy (non-hydrogen) atoms. The Morgan fingerprint density at radius 3 is 2.41 bits per heavy atom. The lowest BCUT2D eigenvalue weighted by Gasteiger charge is -2.30. The zero-order valence-corrected chi connectivity index (χ0v) is 16.7. The lowest BCUT2D eigenvalue weighted by molar-refractivity contribution is -0.00273. The van der Waals surface area contributed by atoms with Crippen LogP contribution in [-0.4, -0.2) is 49.5 Å². The zero-order valence-electron chi connectivity index (χ0n) is 16.7. The first-order valence-electron chi connectivity index (χ1n) is 9.29. The van der Waals surface area contributed by atoms with Crippen molar-refractivity contribution in [2.24, 2.45) is 0 Å². The maximum Gasteiger partial charge on any atom is 0.129 e. The van der Waals surface area contributed by atoms with E-state index in [0.29, 0.717) is 25.7 Å². The third kappa shape index (κ3) is 6.90. The predicted molar refractivity (Wildman–Crippen MR) is 104 cm³/mol. The number of rotatable bonds is 12. The minimum absolute atomic E-state index is 0.259. The van der Waals surface area contributed by atoms with Crippen molar-refractivity contribution in [2.45, 2.75) is 45.6 Å². The van der Waals surface area contributed by atoms with Crippen LogP contribution in [0.4, 0.5) is 0 Å². The second-order valence-electron chi connectivity index (χ2n) is 6.66. The van der Waals surface area contributed by atoms with E-state index in [0.717, 1.165) is 29.2 Å². The van der Waals surface area contributed by atoms with Gasteiger partial charge in [-0.2, -0.15) is 0 Å². The summed E-state index contributed by atoms with van der Waals surface area (Å²) in [6, 6.07) is 9.85. The van der Waals surface area contributed by atoms with Gasteiger partial charge in [0.15, 0.2) is 0 Å². The zero-order chi connectivity index (χ0) is 19.6. The molecule has 0 spiro atoms. The van der Waals surface area contributed by atoms with E-state index in [1.807, 2.05) is 30.3 Å². The summed E-state index contributed by atoms with van der Waals surface area (Å²) in [6.45, 7) is 6.14. The molecule has 0 radical (unpaired) electrons. The van der Waals surface area contributed by atoms with Crippen LogP contribution < -0.4 is 9.47 Å². The summed E-state index contributed by atoms with van der Waals surface area (Å²) in [5.41, 5.74) is 1.08. The van der Waals surface area contributed by atoms with Gasteiger partial charge in [0, 0.05) is 25.2 Å². The summed E-state index contributed by atoms with van der Waals surface area (Å²) in [7, 11) is 3.29. The van der Waals surface area contributed by atoms with E-state index in [1.165, 1.54) is 0 Å². The Morgan fingerprint density at radius 1 is 1.15 bits per heavy atom. The summed E-state index contributed by atoms with van der Waals surface area (Å²) in [6.07, 6.45) is 2.02. The predicted octanol–water partition coefficient (Wildman–Crippen LogP) is 3.48. The van der Waals surface area contributed by atoms with Crippen molar-refractivity contribution in [3.63, 3.8) is 0 Å². The minimum Gasteiger partial charge on any atom is -0.497 e. The summed E-state index contributed by atoms with van der Waals surface area (Å²) in [5.74, 6) is 2.27. The molecule has 0 saturated heterocycles. The van der Waals surface area contributed by atoms with E-state index in [-0.39, 0.29) is 6.61 Å². The number of benzene rings is 1. The second kappa shape index (κ2) is 11.0. The van der Waals surface area contributed by atoms with Gasteiger partial charge in [-0.15, -0.1) is 0 Å². The third-order valence-corrected chi connectivity index (χ3v) is 4.59. The minimum atomic E-state index is -0.582. The maximum absolute atomic E-state index is 10.4. The van der Waals surface area contributed by atoms with Crippen molar-refractivity contribution >= 4 is 0 Å². The first kappa shape index (κ1) is 21.3. The topological polar surface area (TPSA) is 64.3 Å². The molecular weight excluding hydrogens is 346 g/mol. The fraction of sp³-hybridized carbons (Fsp3) is 0.524. The number of hydrogen-bond donors (Lipinski definition) is 1. The molecule has 1 aromatic carbocycles. The Balaban J connectivity index is 1.95. The van der Waals surface area contributed by atoms with Gasteiger partial charge in [-0.05, 0) is 43.2 Å². The SMILES string of the molecule is CC[C@@H](C)N(Cc1cc(OC)cc(OC)c1)C[C@@H](O)COCc1ccco1. The quantitative estimate of drug-likeness (QED) is 0.611. The Labute approximate surface area is 161 Å². The molecule has 6 heteroatoms. The molecular formula is C21H31NO5. The molecule has 2 atom stereocenters. The van der Waals surface area contributed by atoms with Crippen LogP contribution in [0.1, 0.15) is 31.6 Å². The van der Waals surface area contributed by atoms with Gasteiger partial charge in [0.1, 0.15) is 23.9 Å². The standard InChI is InChI=1S/C21H31NO5/c1-5-16(2)22(12-17-9-20(24-3)11-21(10-17)25-4)13-18(23)14-26-15-19-7-6-8-27-19/h6-11,16,18,23H,5,12-15H2,1-4H3/t16-,18-/m1/s1. The number of ether oxygens (including phenoxy) is 3. The van der Waals surface area contributed by atoms with Crippen LogP contribution >= 0.6 is 0 Å². The van der Waals surface area contributed by atoms with Gasteiger partial charge < -0.3 is 23.7 Å². The van der Waals surface area contributed by atoms with Crippen molar-refractivity contribution in [2.75, 3.05) is 27.4 Å². The number of aliphatic hydroxyl groups excluding tert-OH is 1. The lowest BCUT2D eigenvalue weighted by atomic mass is 10.1. The smallest absolute Gasteiger partial charge is 0.129 e. The monoisotopic (exact) mass is 377 g/mol. The second-order valence-corrected chi connectivity index (χ2v) is 6.66. The Bertz CT molecular complexity index is 636. The van der Waals surface area contributed by atoms with Gasteiger partial charge in [-0.1, -0.05) is 6.92 Å². The highest BCUT2D eigenvalue weighted by molar-refractivity contribution is 5.38. The summed E-state index contributed by atoms with van der Waals surface area (Å²) in [4.78, 5) is 2.25. The molecule has 0 amide bonds. The van der Waals surface area contributed by atoms with Gasteiger partial charge >= 0.3 is 0 Å². The molecule has 1 aromatic heterocycles. The van der Waals surface area contributed by atoms with Gasteiger partial charge in [-0.3, -0.25) is 4.90 Å². The lowest BCUT2D eigenvalue weighted by Crippen LogP contribution is -2.39.